The fourth-order valence-electron chi connectivity index (χ4n) is 4.00. The van der Waals surface area contributed by atoms with Crippen molar-refractivity contribution in [2.45, 2.75) is 32.2 Å². The number of anilines is 1. The number of carbonyl (C=O) groups excluding carboxylic acids is 1. The maximum atomic E-state index is 11.8. The predicted octanol–water partition coefficient (Wildman–Crippen LogP) is 2.32. The normalized spacial score (nSPS) is 21.7. The molecule has 3 rings (SSSR count). The maximum Gasteiger partial charge on any atom is 0.222 e. The molecule has 0 radical (unpaired) electrons. The summed E-state index contributed by atoms with van der Waals surface area (Å²) in [5.41, 5.74) is 1.22. The third-order valence-electron chi connectivity index (χ3n) is 5.67. The van der Waals surface area contributed by atoms with Crippen molar-refractivity contribution in [2.24, 2.45) is 10.9 Å². The fourth-order valence-corrected chi connectivity index (χ4v) is 4.00. The fraction of sp³-hybridized carbons (Fsp3) is 0.619. The molecule has 2 saturated heterocycles. The summed E-state index contributed by atoms with van der Waals surface area (Å²) in [6, 6.07) is 8.53. The van der Waals surface area contributed by atoms with Crippen molar-refractivity contribution in [1.29, 1.82) is 0 Å². The first-order valence-corrected chi connectivity index (χ1v) is 10.3. The number of carbonyl (C=O) groups is 1. The molecule has 1 aromatic rings. The molecular formula is C21H34IN5O2. The molecular weight excluding hydrogens is 481 g/mol. The molecule has 8 heteroatoms. The van der Waals surface area contributed by atoms with Gasteiger partial charge in [-0.15, -0.1) is 24.0 Å². The highest BCUT2D eigenvalue weighted by molar-refractivity contribution is 14.0. The second-order valence-electron chi connectivity index (χ2n) is 7.58. The van der Waals surface area contributed by atoms with Crippen LogP contribution in [0.3, 0.4) is 0 Å². The van der Waals surface area contributed by atoms with Crippen LogP contribution in [-0.2, 0) is 4.79 Å². The van der Waals surface area contributed by atoms with Crippen LogP contribution in [0.4, 0.5) is 5.69 Å². The van der Waals surface area contributed by atoms with Crippen LogP contribution in [0.15, 0.2) is 29.3 Å². The lowest BCUT2D eigenvalue weighted by Gasteiger charge is -2.21. The molecule has 2 fully saturated rings. The monoisotopic (exact) mass is 515 g/mol. The van der Waals surface area contributed by atoms with Crippen LogP contribution in [0, 0.1) is 5.92 Å². The standard InChI is InChI=1S/C21H33N5O2.HI/c1-4-20(27)26-11-9-17(15-26)24-21(22-2)23-13-16-8-10-25(14-16)18-6-5-7-19(12-18)28-3;/h5-7,12,16-17H,4,8-11,13-15H2,1-3H3,(H2,22,23,24);1H. The Morgan fingerprint density at radius 1 is 1.28 bits per heavy atom. The Labute approximate surface area is 191 Å². The second-order valence-corrected chi connectivity index (χ2v) is 7.58. The number of likely N-dealkylation sites (tertiary alicyclic amines) is 1. The van der Waals surface area contributed by atoms with Crippen molar-refractivity contribution in [3.05, 3.63) is 24.3 Å². The van der Waals surface area contributed by atoms with E-state index in [1.54, 1.807) is 14.2 Å². The molecule has 0 bridgehead atoms. The van der Waals surface area contributed by atoms with Gasteiger partial charge in [-0.2, -0.15) is 0 Å². The molecule has 2 heterocycles. The van der Waals surface area contributed by atoms with Crippen LogP contribution in [0.25, 0.3) is 0 Å². The van der Waals surface area contributed by atoms with Crippen LogP contribution in [-0.4, -0.2) is 69.7 Å². The Morgan fingerprint density at radius 2 is 2.10 bits per heavy atom. The van der Waals surface area contributed by atoms with E-state index >= 15 is 0 Å². The third kappa shape index (κ3) is 6.38. The Bertz CT molecular complexity index is 699. The molecule has 0 aromatic heterocycles. The zero-order valence-electron chi connectivity index (χ0n) is 17.7. The lowest BCUT2D eigenvalue weighted by Crippen LogP contribution is -2.46. The highest BCUT2D eigenvalue weighted by atomic mass is 127. The van der Waals surface area contributed by atoms with Crippen molar-refractivity contribution in [3.8, 4) is 5.75 Å². The third-order valence-corrected chi connectivity index (χ3v) is 5.67. The molecule has 162 valence electrons. The van der Waals surface area contributed by atoms with Crippen LogP contribution in [0.2, 0.25) is 0 Å². The van der Waals surface area contributed by atoms with E-state index in [2.05, 4.69) is 32.7 Å². The number of nitrogens with zero attached hydrogens (tertiary/aromatic N) is 3. The Hall–Kier alpha value is -1.71. The number of rotatable bonds is 6. The van der Waals surface area contributed by atoms with Gasteiger partial charge in [0.05, 0.1) is 7.11 Å². The maximum absolute atomic E-state index is 11.8. The number of benzene rings is 1. The number of methoxy groups -OCH3 is 1. The summed E-state index contributed by atoms with van der Waals surface area (Å²) < 4.78 is 5.34. The van der Waals surface area contributed by atoms with Gasteiger partial charge in [-0.3, -0.25) is 9.79 Å². The lowest BCUT2D eigenvalue weighted by atomic mass is 10.1. The largest absolute Gasteiger partial charge is 0.497 e. The molecule has 1 aromatic carbocycles. The van der Waals surface area contributed by atoms with E-state index in [1.807, 2.05) is 24.0 Å². The van der Waals surface area contributed by atoms with Crippen LogP contribution < -0.4 is 20.3 Å². The topological polar surface area (TPSA) is 69.2 Å². The van der Waals surface area contributed by atoms with E-state index in [0.29, 0.717) is 12.3 Å². The number of ether oxygens (including phenoxy) is 1. The summed E-state index contributed by atoms with van der Waals surface area (Å²) in [7, 11) is 3.51. The minimum atomic E-state index is 0. The average molecular weight is 515 g/mol. The minimum absolute atomic E-state index is 0. The van der Waals surface area contributed by atoms with Crippen molar-refractivity contribution in [2.75, 3.05) is 51.8 Å². The molecule has 2 aliphatic rings. The summed E-state index contributed by atoms with van der Waals surface area (Å²) in [6.45, 7) is 6.49. The van der Waals surface area contributed by atoms with E-state index in [1.165, 1.54) is 5.69 Å². The number of halogens is 1. The van der Waals surface area contributed by atoms with Crippen molar-refractivity contribution in [3.63, 3.8) is 0 Å². The van der Waals surface area contributed by atoms with Crippen molar-refractivity contribution >= 4 is 41.5 Å². The van der Waals surface area contributed by atoms with Gasteiger partial charge in [0, 0.05) is 64.0 Å². The molecule has 2 N–H and O–H groups in total. The predicted molar refractivity (Wildman–Crippen MR) is 129 cm³/mol. The van der Waals surface area contributed by atoms with E-state index in [0.717, 1.165) is 57.3 Å². The average Bonchev–Trinajstić information content (AvgIpc) is 3.40. The quantitative estimate of drug-likeness (QED) is 0.346. The summed E-state index contributed by atoms with van der Waals surface area (Å²) in [5.74, 6) is 2.54. The van der Waals surface area contributed by atoms with E-state index < -0.39 is 0 Å². The molecule has 0 spiro atoms. The minimum Gasteiger partial charge on any atom is -0.497 e. The number of nitrogens with one attached hydrogen (secondary N) is 2. The van der Waals surface area contributed by atoms with Crippen LogP contribution in [0.1, 0.15) is 26.2 Å². The molecule has 2 unspecified atom stereocenters. The van der Waals surface area contributed by atoms with Gasteiger partial charge in [0.2, 0.25) is 5.91 Å². The van der Waals surface area contributed by atoms with Gasteiger partial charge in [0.25, 0.3) is 0 Å². The van der Waals surface area contributed by atoms with E-state index in [9.17, 15) is 4.79 Å². The molecule has 0 aliphatic carbocycles. The SMILES string of the molecule is CCC(=O)N1CCC(NC(=NC)NCC2CCN(c3cccc(OC)c3)C2)C1.I. The molecule has 0 saturated carbocycles. The Balaban J connectivity index is 0.00000300. The number of hydrogen-bond donors (Lipinski definition) is 2. The smallest absolute Gasteiger partial charge is 0.222 e. The first-order valence-electron chi connectivity index (χ1n) is 10.3. The lowest BCUT2D eigenvalue weighted by molar-refractivity contribution is -0.129. The van der Waals surface area contributed by atoms with Crippen molar-refractivity contribution < 1.29 is 9.53 Å². The zero-order valence-corrected chi connectivity index (χ0v) is 20.0. The molecule has 1 amide bonds. The highest BCUT2D eigenvalue weighted by Crippen LogP contribution is 2.26. The summed E-state index contributed by atoms with van der Waals surface area (Å²) in [5, 5.41) is 6.95. The number of aliphatic imine (C=N–C) groups is 1. The first-order chi connectivity index (χ1) is 13.6. The van der Waals surface area contributed by atoms with Gasteiger partial charge in [0.15, 0.2) is 5.96 Å². The van der Waals surface area contributed by atoms with Gasteiger partial charge in [0.1, 0.15) is 5.75 Å². The second kappa shape index (κ2) is 11.5. The number of amides is 1. The van der Waals surface area contributed by atoms with Crippen molar-refractivity contribution in [1.82, 2.24) is 15.5 Å². The van der Waals surface area contributed by atoms with Gasteiger partial charge < -0.3 is 25.2 Å². The van der Waals surface area contributed by atoms with Crippen LogP contribution >= 0.6 is 24.0 Å². The van der Waals surface area contributed by atoms with Gasteiger partial charge in [-0.05, 0) is 30.9 Å². The molecule has 2 aliphatic heterocycles. The molecule has 29 heavy (non-hydrogen) atoms. The zero-order chi connectivity index (χ0) is 19.9. The van der Waals surface area contributed by atoms with E-state index in [4.69, 9.17) is 4.74 Å². The molecule has 2 atom stereocenters. The Morgan fingerprint density at radius 3 is 2.83 bits per heavy atom. The van der Waals surface area contributed by atoms with Gasteiger partial charge in [-0.1, -0.05) is 13.0 Å². The highest BCUT2D eigenvalue weighted by Gasteiger charge is 2.27. The summed E-state index contributed by atoms with van der Waals surface area (Å²) in [6.07, 6.45) is 2.70. The van der Waals surface area contributed by atoms with E-state index in [-0.39, 0.29) is 35.9 Å². The summed E-state index contributed by atoms with van der Waals surface area (Å²) in [4.78, 5) is 20.6. The number of guanidine groups is 1. The van der Waals surface area contributed by atoms with Gasteiger partial charge >= 0.3 is 0 Å². The summed E-state index contributed by atoms with van der Waals surface area (Å²) >= 11 is 0. The molecule has 7 nitrogen and oxygen atoms in total. The van der Waals surface area contributed by atoms with Crippen LogP contribution in [0.5, 0.6) is 5.75 Å². The van der Waals surface area contributed by atoms with Gasteiger partial charge in [-0.25, -0.2) is 0 Å². The first kappa shape index (κ1) is 23.6. The number of hydrogen-bond acceptors (Lipinski definition) is 4. The Kier molecular flexibility index (Phi) is 9.32.